The van der Waals surface area contributed by atoms with E-state index in [0.717, 1.165) is 25.9 Å². The van der Waals surface area contributed by atoms with Crippen LogP contribution in [0.5, 0.6) is 0 Å². The summed E-state index contributed by atoms with van der Waals surface area (Å²) in [6.07, 6.45) is 2.05. The zero-order valence-electron chi connectivity index (χ0n) is 11.4. The lowest BCUT2D eigenvalue weighted by Crippen LogP contribution is -2.55. The number of piperazine rings is 1. The van der Waals surface area contributed by atoms with Gasteiger partial charge in [-0.2, -0.15) is 0 Å². The summed E-state index contributed by atoms with van der Waals surface area (Å²) >= 11 is 0. The standard InChI is InChI=1S/C15H22N2O2/c1-2-6-13(12-7-4-3-5-8-12)17-10-9-16-11-14(17)15(18)19/h3-5,7-8,13-14,16H,2,6,9-11H2,1H3,(H,18,19). The Morgan fingerprint density at radius 1 is 1.47 bits per heavy atom. The number of rotatable bonds is 5. The van der Waals surface area contributed by atoms with Gasteiger partial charge in [0.05, 0.1) is 0 Å². The summed E-state index contributed by atoms with van der Waals surface area (Å²) in [5.41, 5.74) is 1.22. The van der Waals surface area contributed by atoms with E-state index in [0.29, 0.717) is 6.54 Å². The van der Waals surface area contributed by atoms with Crippen LogP contribution in [0.3, 0.4) is 0 Å². The lowest BCUT2D eigenvalue weighted by atomic mass is 9.97. The third kappa shape index (κ3) is 3.33. The van der Waals surface area contributed by atoms with E-state index in [9.17, 15) is 9.90 Å². The molecule has 1 aliphatic heterocycles. The van der Waals surface area contributed by atoms with E-state index in [-0.39, 0.29) is 6.04 Å². The normalized spacial score (nSPS) is 22.1. The maximum absolute atomic E-state index is 11.4. The van der Waals surface area contributed by atoms with E-state index >= 15 is 0 Å². The van der Waals surface area contributed by atoms with Gasteiger partial charge in [-0.1, -0.05) is 43.7 Å². The summed E-state index contributed by atoms with van der Waals surface area (Å²) in [7, 11) is 0. The zero-order chi connectivity index (χ0) is 13.7. The molecule has 4 heteroatoms. The van der Waals surface area contributed by atoms with Crippen molar-refractivity contribution in [2.24, 2.45) is 0 Å². The van der Waals surface area contributed by atoms with E-state index in [2.05, 4.69) is 29.3 Å². The van der Waals surface area contributed by atoms with Crippen molar-refractivity contribution in [3.8, 4) is 0 Å². The Hall–Kier alpha value is -1.39. The molecule has 0 spiro atoms. The molecule has 2 rings (SSSR count). The van der Waals surface area contributed by atoms with Crippen LogP contribution in [0.25, 0.3) is 0 Å². The molecular weight excluding hydrogens is 240 g/mol. The molecule has 0 saturated carbocycles. The third-order valence-corrected chi connectivity index (χ3v) is 3.72. The van der Waals surface area contributed by atoms with Crippen LogP contribution in [0.1, 0.15) is 31.4 Å². The van der Waals surface area contributed by atoms with Crippen molar-refractivity contribution in [3.05, 3.63) is 35.9 Å². The molecule has 1 saturated heterocycles. The fraction of sp³-hybridized carbons (Fsp3) is 0.533. The Morgan fingerprint density at radius 2 is 2.21 bits per heavy atom. The first-order chi connectivity index (χ1) is 9.24. The van der Waals surface area contributed by atoms with Gasteiger partial charge in [-0.05, 0) is 12.0 Å². The summed E-state index contributed by atoms with van der Waals surface area (Å²) in [6, 6.07) is 10.0. The Labute approximate surface area is 114 Å². The lowest BCUT2D eigenvalue weighted by Gasteiger charge is -2.39. The van der Waals surface area contributed by atoms with E-state index in [1.54, 1.807) is 0 Å². The van der Waals surface area contributed by atoms with Crippen molar-refractivity contribution in [2.75, 3.05) is 19.6 Å². The second-order valence-corrected chi connectivity index (χ2v) is 5.01. The number of nitrogens with one attached hydrogen (secondary N) is 1. The van der Waals surface area contributed by atoms with Crippen molar-refractivity contribution in [3.63, 3.8) is 0 Å². The highest BCUT2D eigenvalue weighted by Gasteiger charge is 2.33. The maximum Gasteiger partial charge on any atom is 0.322 e. The van der Waals surface area contributed by atoms with E-state index in [4.69, 9.17) is 0 Å². The fourth-order valence-corrected chi connectivity index (χ4v) is 2.79. The van der Waals surface area contributed by atoms with Crippen LogP contribution in [0.2, 0.25) is 0 Å². The van der Waals surface area contributed by atoms with E-state index in [1.165, 1.54) is 5.56 Å². The Kier molecular flexibility index (Phi) is 4.93. The average molecular weight is 262 g/mol. The summed E-state index contributed by atoms with van der Waals surface area (Å²) in [5, 5.41) is 12.6. The molecule has 0 radical (unpaired) electrons. The zero-order valence-corrected chi connectivity index (χ0v) is 11.4. The van der Waals surface area contributed by atoms with Gasteiger partial charge in [0.25, 0.3) is 0 Å². The summed E-state index contributed by atoms with van der Waals surface area (Å²) in [6.45, 7) is 4.32. The molecule has 4 nitrogen and oxygen atoms in total. The van der Waals surface area contributed by atoms with Gasteiger partial charge < -0.3 is 10.4 Å². The SMILES string of the molecule is CCCC(c1ccccc1)N1CCNCC1C(=O)O. The topological polar surface area (TPSA) is 52.6 Å². The van der Waals surface area contributed by atoms with Gasteiger partial charge in [0.15, 0.2) is 0 Å². The minimum atomic E-state index is -0.732. The van der Waals surface area contributed by atoms with Gasteiger partial charge in [0.1, 0.15) is 6.04 Å². The molecular formula is C15H22N2O2. The highest BCUT2D eigenvalue weighted by Crippen LogP contribution is 2.28. The molecule has 0 aromatic heterocycles. The van der Waals surface area contributed by atoms with Crippen molar-refractivity contribution in [1.29, 1.82) is 0 Å². The highest BCUT2D eigenvalue weighted by molar-refractivity contribution is 5.74. The second-order valence-electron chi connectivity index (χ2n) is 5.01. The Balaban J connectivity index is 2.24. The molecule has 0 amide bonds. The number of hydrogen-bond acceptors (Lipinski definition) is 3. The van der Waals surface area contributed by atoms with Crippen molar-refractivity contribution in [2.45, 2.75) is 31.8 Å². The van der Waals surface area contributed by atoms with Crippen LogP contribution in [0.15, 0.2) is 30.3 Å². The molecule has 2 N–H and O–H groups in total. The quantitative estimate of drug-likeness (QED) is 0.851. The monoisotopic (exact) mass is 262 g/mol. The minimum absolute atomic E-state index is 0.203. The molecule has 0 aliphatic carbocycles. The molecule has 1 aromatic carbocycles. The van der Waals surface area contributed by atoms with Crippen LogP contribution in [0.4, 0.5) is 0 Å². The molecule has 104 valence electrons. The number of hydrogen-bond donors (Lipinski definition) is 2. The summed E-state index contributed by atoms with van der Waals surface area (Å²) in [5.74, 6) is -0.732. The summed E-state index contributed by atoms with van der Waals surface area (Å²) < 4.78 is 0. The van der Waals surface area contributed by atoms with Crippen molar-refractivity contribution >= 4 is 5.97 Å². The number of aliphatic carboxylic acids is 1. The van der Waals surface area contributed by atoms with Crippen LogP contribution in [0, 0.1) is 0 Å². The van der Waals surface area contributed by atoms with Crippen molar-refractivity contribution < 1.29 is 9.90 Å². The van der Waals surface area contributed by atoms with Gasteiger partial charge in [0.2, 0.25) is 0 Å². The first-order valence-corrected chi connectivity index (χ1v) is 6.98. The third-order valence-electron chi connectivity index (χ3n) is 3.72. The fourth-order valence-electron chi connectivity index (χ4n) is 2.79. The molecule has 1 fully saturated rings. The first kappa shape index (κ1) is 14.0. The van der Waals surface area contributed by atoms with Crippen molar-refractivity contribution in [1.82, 2.24) is 10.2 Å². The van der Waals surface area contributed by atoms with E-state index in [1.807, 2.05) is 18.2 Å². The van der Waals surface area contributed by atoms with Gasteiger partial charge >= 0.3 is 5.97 Å². The average Bonchev–Trinajstić information content (AvgIpc) is 2.45. The number of nitrogens with zero attached hydrogens (tertiary/aromatic N) is 1. The molecule has 19 heavy (non-hydrogen) atoms. The molecule has 1 heterocycles. The molecule has 0 bridgehead atoms. The highest BCUT2D eigenvalue weighted by atomic mass is 16.4. The van der Waals surface area contributed by atoms with Gasteiger partial charge in [-0.3, -0.25) is 9.69 Å². The molecule has 2 unspecified atom stereocenters. The Morgan fingerprint density at radius 3 is 2.84 bits per heavy atom. The van der Waals surface area contributed by atoms with Gasteiger partial charge in [-0.25, -0.2) is 0 Å². The van der Waals surface area contributed by atoms with Gasteiger partial charge in [0, 0.05) is 25.7 Å². The molecule has 1 aromatic rings. The first-order valence-electron chi connectivity index (χ1n) is 6.98. The Bertz CT molecular complexity index is 408. The number of benzene rings is 1. The predicted octanol–water partition coefficient (Wildman–Crippen LogP) is 1.89. The largest absolute Gasteiger partial charge is 0.480 e. The number of carboxylic acid groups (broad SMARTS) is 1. The maximum atomic E-state index is 11.4. The number of carbonyl (C=O) groups is 1. The summed E-state index contributed by atoms with van der Waals surface area (Å²) in [4.78, 5) is 13.6. The second kappa shape index (κ2) is 6.68. The van der Waals surface area contributed by atoms with E-state index < -0.39 is 12.0 Å². The smallest absolute Gasteiger partial charge is 0.322 e. The van der Waals surface area contributed by atoms with Crippen LogP contribution < -0.4 is 5.32 Å². The van der Waals surface area contributed by atoms with Crippen LogP contribution in [-0.4, -0.2) is 41.7 Å². The van der Waals surface area contributed by atoms with Crippen LogP contribution >= 0.6 is 0 Å². The van der Waals surface area contributed by atoms with Crippen LogP contribution in [-0.2, 0) is 4.79 Å². The predicted molar refractivity (Wildman–Crippen MR) is 75.1 cm³/mol. The molecule has 1 aliphatic rings. The lowest BCUT2D eigenvalue weighted by molar-refractivity contribution is -0.145. The number of carboxylic acids is 1. The molecule has 2 atom stereocenters. The van der Waals surface area contributed by atoms with Gasteiger partial charge in [-0.15, -0.1) is 0 Å². The minimum Gasteiger partial charge on any atom is -0.480 e.